The van der Waals surface area contributed by atoms with Crippen molar-refractivity contribution in [3.63, 3.8) is 0 Å². The normalized spacial score (nSPS) is 10.8. The first kappa shape index (κ1) is 9.00. The highest BCUT2D eigenvalue weighted by molar-refractivity contribution is 6.25. The van der Waals surface area contributed by atoms with E-state index in [1.54, 1.807) is 17.0 Å². The van der Waals surface area contributed by atoms with Crippen LogP contribution in [0.2, 0.25) is 0 Å². The SMILES string of the molecule is Cc1c(C=O)cnn1CC=CCl. The fourth-order valence-electron chi connectivity index (χ4n) is 0.900. The van der Waals surface area contributed by atoms with Gasteiger partial charge in [-0.1, -0.05) is 17.7 Å². The molecule has 64 valence electrons. The van der Waals surface area contributed by atoms with Crippen LogP contribution in [0.3, 0.4) is 0 Å². The molecule has 0 amide bonds. The molecule has 0 unspecified atom stereocenters. The van der Waals surface area contributed by atoms with Crippen LogP contribution in [0.15, 0.2) is 17.8 Å². The molecule has 0 spiro atoms. The second-order valence-corrected chi connectivity index (χ2v) is 2.60. The third-order valence-electron chi connectivity index (χ3n) is 1.64. The Kier molecular flexibility index (Phi) is 3.05. The lowest BCUT2D eigenvalue weighted by Crippen LogP contribution is -2.00. The standard InChI is InChI=1S/C8H9ClN2O/c1-7-8(6-12)5-10-11(7)4-2-3-9/h2-3,5-6H,4H2,1H3. The Morgan fingerprint density at radius 2 is 2.50 bits per heavy atom. The largest absolute Gasteiger partial charge is 0.298 e. The number of nitrogens with zero attached hydrogens (tertiary/aromatic N) is 2. The van der Waals surface area contributed by atoms with E-state index in [4.69, 9.17) is 11.6 Å². The van der Waals surface area contributed by atoms with Gasteiger partial charge in [0.15, 0.2) is 6.29 Å². The van der Waals surface area contributed by atoms with Gasteiger partial charge in [-0.3, -0.25) is 9.48 Å². The molecule has 0 atom stereocenters. The van der Waals surface area contributed by atoms with Gasteiger partial charge in [0.05, 0.1) is 18.3 Å². The number of rotatable bonds is 3. The van der Waals surface area contributed by atoms with Gasteiger partial charge in [-0.25, -0.2) is 0 Å². The predicted molar refractivity (Wildman–Crippen MR) is 47.3 cm³/mol. The van der Waals surface area contributed by atoms with Crippen molar-refractivity contribution >= 4 is 17.9 Å². The molecule has 0 aliphatic rings. The third kappa shape index (κ3) is 1.74. The monoisotopic (exact) mass is 184 g/mol. The van der Waals surface area contributed by atoms with Crippen molar-refractivity contribution in [3.05, 3.63) is 29.1 Å². The summed E-state index contributed by atoms with van der Waals surface area (Å²) in [6.45, 7) is 2.45. The number of hydrogen-bond acceptors (Lipinski definition) is 2. The van der Waals surface area contributed by atoms with Crippen molar-refractivity contribution in [2.75, 3.05) is 0 Å². The van der Waals surface area contributed by atoms with Crippen LogP contribution < -0.4 is 0 Å². The Labute approximate surface area is 75.6 Å². The maximum atomic E-state index is 10.4. The molecule has 4 heteroatoms. The topological polar surface area (TPSA) is 34.9 Å². The van der Waals surface area contributed by atoms with Gasteiger partial charge in [0.1, 0.15) is 0 Å². The molecule has 12 heavy (non-hydrogen) atoms. The summed E-state index contributed by atoms with van der Waals surface area (Å²) in [5.41, 5.74) is 2.92. The van der Waals surface area contributed by atoms with E-state index in [1.807, 2.05) is 6.92 Å². The number of carbonyl (C=O) groups is 1. The summed E-state index contributed by atoms with van der Waals surface area (Å²) in [7, 11) is 0. The fraction of sp³-hybridized carbons (Fsp3) is 0.250. The van der Waals surface area contributed by atoms with Crippen LogP contribution in [-0.2, 0) is 6.54 Å². The summed E-state index contributed by atoms with van der Waals surface area (Å²) in [5.74, 6) is 0. The molecule has 0 N–H and O–H groups in total. The molecule has 0 aromatic carbocycles. The molecular formula is C8H9ClN2O. The van der Waals surface area contributed by atoms with Crippen LogP contribution in [-0.4, -0.2) is 16.1 Å². The summed E-state index contributed by atoms with van der Waals surface area (Å²) in [5, 5.41) is 4.00. The molecule has 0 saturated carbocycles. The molecule has 0 saturated heterocycles. The highest BCUT2D eigenvalue weighted by Gasteiger charge is 2.02. The van der Waals surface area contributed by atoms with Crippen molar-refractivity contribution in [2.45, 2.75) is 13.5 Å². The quantitative estimate of drug-likeness (QED) is 0.671. The number of hydrogen-bond donors (Lipinski definition) is 0. The first-order valence-corrected chi connectivity index (χ1v) is 3.96. The van der Waals surface area contributed by atoms with E-state index >= 15 is 0 Å². The van der Waals surface area contributed by atoms with Gasteiger partial charge in [0.25, 0.3) is 0 Å². The van der Waals surface area contributed by atoms with Crippen molar-refractivity contribution in [1.82, 2.24) is 9.78 Å². The number of carbonyl (C=O) groups excluding carboxylic acids is 1. The second kappa shape index (κ2) is 4.07. The van der Waals surface area contributed by atoms with Crippen LogP contribution in [0, 0.1) is 6.92 Å². The van der Waals surface area contributed by atoms with Gasteiger partial charge < -0.3 is 0 Å². The minimum absolute atomic E-state index is 0.600. The van der Waals surface area contributed by atoms with Gasteiger partial charge in [-0.05, 0) is 6.92 Å². The molecule has 1 heterocycles. The Balaban J connectivity index is 2.86. The van der Waals surface area contributed by atoms with E-state index in [1.165, 1.54) is 5.54 Å². The molecule has 0 aliphatic heterocycles. The van der Waals surface area contributed by atoms with Gasteiger partial charge in [0, 0.05) is 11.2 Å². The molecule has 1 rings (SSSR count). The molecule has 0 bridgehead atoms. The predicted octanol–water partition coefficient (Wildman–Crippen LogP) is 1.76. The molecule has 0 fully saturated rings. The lowest BCUT2D eigenvalue weighted by atomic mass is 10.3. The Bertz CT molecular complexity index is 304. The van der Waals surface area contributed by atoms with Crippen LogP contribution in [0.5, 0.6) is 0 Å². The van der Waals surface area contributed by atoms with E-state index in [-0.39, 0.29) is 0 Å². The molecular weight excluding hydrogens is 176 g/mol. The fourth-order valence-corrected chi connectivity index (χ4v) is 0.980. The van der Waals surface area contributed by atoms with E-state index < -0.39 is 0 Å². The molecule has 0 aliphatic carbocycles. The van der Waals surface area contributed by atoms with E-state index in [0.29, 0.717) is 12.1 Å². The summed E-state index contributed by atoms with van der Waals surface area (Å²) in [4.78, 5) is 10.4. The number of aromatic nitrogens is 2. The highest BCUT2D eigenvalue weighted by atomic mass is 35.5. The van der Waals surface area contributed by atoms with Gasteiger partial charge >= 0.3 is 0 Å². The van der Waals surface area contributed by atoms with Gasteiger partial charge in [-0.2, -0.15) is 5.10 Å². The molecule has 0 radical (unpaired) electrons. The zero-order valence-electron chi connectivity index (χ0n) is 6.70. The Hall–Kier alpha value is -1.09. The number of aldehydes is 1. The minimum Gasteiger partial charge on any atom is -0.298 e. The molecule has 1 aromatic heterocycles. The Morgan fingerprint density at radius 3 is 3.00 bits per heavy atom. The summed E-state index contributed by atoms with van der Waals surface area (Å²) in [6.07, 6.45) is 4.10. The summed E-state index contributed by atoms with van der Waals surface area (Å²) >= 11 is 5.35. The van der Waals surface area contributed by atoms with Crippen molar-refractivity contribution in [1.29, 1.82) is 0 Å². The first-order chi connectivity index (χ1) is 5.79. The molecule has 1 aromatic rings. The maximum Gasteiger partial charge on any atom is 0.153 e. The van der Waals surface area contributed by atoms with Crippen LogP contribution in [0.25, 0.3) is 0 Å². The lowest BCUT2D eigenvalue weighted by Gasteiger charge is -1.98. The van der Waals surface area contributed by atoms with E-state index in [9.17, 15) is 4.79 Å². The number of halogens is 1. The lowest BCUT2D eigenvalue weighted by molar-refractivity contribution is 0.112. The maximum absolute atomic E-state index is 10.4. The first-order valence-electron chi connectivity index (χ1n) is 3.52. The van der Waals surface area contributed by atoms with Crippen molar-refractivity contribution in [2.24, 2.45) is 0 Å². The number of allylic oxidation sites excluding steroid dienone is 1. The van der Waals surface area contributed by atoms with Crippen LogP contribution in [0.4, 0.5) is 0 Å². The zero-order valence-corrected chi connectivity index (χ0v) is 7.45. The minimum atomic E-state index is 0.600. The van der Waals surface area contributed by atoms with Crippen LogP contribution >= 0.6 is 11.6 Å². The van der Waals surface area contributed by atoms with Crippen molar-refractivity contribution in [3.8, 4) is 0 Å². The highest BCUT2D eigenvalue weighted by Crippen LogP contribution is 2.03. The zero-order chi connectivity index (χ0) is 8.97. The second-order valence-electron chi connectivity index (χ2n) is 2.35. The summed E-state index contributed by atoms with van der Waals surface area (Å²) in [6, 6.07) is 0. The third-order valence-corrected chi connectivity index (χ3v) is 1.81. The van der Waals surface area contributed by atoms with Gasteiger partial charge in [-0.15, -0.1) is 0 Å². The van der Waals surface area contributed by atoms with E-state index in [0.717, 1.165) is 12.0 Å². The smallest absolute Gasteiger partial charge is 0.153 e. The van der Waals surface area contributed by atoms with E-state index in [2.05, 4.69) is 5.10 Å². The Morgan fingerprint density at radius 1 is 1.75 bits per heavy atom. The van der Waals surface area contributed by atoms with Crippen molar-refractivity contribution < 1.29 is 4.79 Å². The average Bonchev–Trinajstić information content (AvgIpc) is 2.43. The van der Waals surface area contributed by atoms with Gasteiger partial charge in [0.2, 0.25) is 0 Å². The summed E-state index contributed by atoms with van der Waals surface area (Å²) < 4.78 is 1.71. The van der Waals surface area contributed by atoms with Crippen LogP contribution in [0.1, 0.15) is 16.1 Å². The average molecular weight is 185 g/mol. The molecule has 3 nitrogen and oxygen atoms in total.